The van der Waals surface area contributed by atoms with Crippen molar-refractivity contribution in [1.29, 1.82) is 0 Å². The van der Waals surface area contributed by atoms with E-state index in [0.717, 1.165) is 40.2 Å². The molecule has 23 nitrogen and oxygen atoms in total. The average molecular weight is 967 g/mol. The number of carbonyl (C=O) groups is 12. The summed E-state index contributed by atoms with van der Waals surface area (Å²) < 4.78 is 0. The van der Waals surface area contributed by atoms with Crippen molar-refractivity contribution in [2.75, 3.05) is 75.1 Å². The highest BCUT2D eigenvalue weighted by molar-refractivity contribution is 8.08. The number of Topliss-reactive ketones (excluding diaryl/α,β-unsaturated/α-hetero) is 2. The van der Waals surface area contributed by atoms with E-state index < -0.39 is 121 Å². The van der Waals surface area contributed by atoms with E-state index in [0.29, 0.717) is 0 Å². The Morgan fingerprint density at radius 2 is 1.22 bits per heavy atom. The molecular weight excluding hydrogens is 917 g/mol. The minimum atomic E-state index is -1.27. The summed E-state index contributed by atoms with van der Waals surface area (Å²) in [5.41, 5.74) is 0.479. The summed E-state index contributed by atoms with van der Waals surface area (Å²) >= 11 is 3.17. The number of carboxylic acids is 1. The Balaban J connectivity index is 1.32. The number of aliphatic hydroxyl groups is 2. The fourth-order valence-corrected chi connectivity index (χ4v) is 8.73. The van der Waals surface area contributed by atoms with Crippen LogP contribution in [0.2, 0.25) is 0 Å². The summed E-state index contributed by atoms with van der Waals surface area (Å²) in [4.78, 5) is 149. The molecule has 3 rings (SSSR count). The Morgan fingerprint density at radius 3 is 1.74 bits per heavy atom. The first-order valence-electron chi connectivity index (χ1n) is 19.9. The molecule has 3 unspecified atom stereocenters. The van der Waals surface area contributed by atoms with E-state index >= 15 is 0 Å². The summed E-state index contributed by atoms with van der Waals surface area (Å²) in [6.45, 7) is -0.348. The quantitative estimate of drug-likeness (QED) is 0.0396. The van der Waals surface area contributed by atoms with Gasteiger partial charge in [0.05, 0.1) is 61.0 Å². The van der Waals surface area contributed by atoms with E-state index in [4.69, 9.17) is 5.11 Å². The Labute approximate surface area is 384 Å². The molecule has 10 N–H and O–H groups in total. The van der Waals surface area contributed by atoms with Crippen molar-refractivity contribution in [1.82, 2.24) is 36.8 Å². The molecule has 1 saturated heterocycles. The lowest BCUT2D eigenvalue weighted by atomic mass is 9.94. The second-order valence-electron chi connectivity index (χ2n) is 14.1. The number of nitrogens with zero attached hydrogens (tertiary/aromatic N) is 1. The third-order valence-corrected chi connectivity index (χ3v) is 12.7. The molecule has 0 aromatic heterocycles. The van der Waals surface area contributed by atoms with Crippen molar-refractivity contribution in [2.45, 2.75) is 44.4 Å². The maximum absolute atomic E-state index is 13.4. The van der Waals surface area contributed by atoms with Crippen molar-refractivity contribution in [3.8, 4) is 0 Å². The minimum Gasteiger partial charge on any atom is -0.480 e. The molecule has 1 heterocycles. The lowest BCUT2D eigenvalue weighted by Gasteiger charge is -2.21. The van der Waals surface area contributed by atoms with Crippen LogP contribution in [0.5, 0.6) is 0 Å². The summed E-state index contributed by atoms with van der Waals surface area (Å²) in [6.07, 6.45) is -0.0733. The monoisotopic (exact) mass is 966 g/mol. The second-order valence-corrected chi connectivity index (χ2v) is 17.6. The van der Waals surface area contributed by atoms with Crippen LogP contribution in [0, 0.1) is 5.92 Å². The first-order chi connectivity index (χ1) is 30.9. The number of likely N-dealkylation sites (tertiary alicyclic amines) is 1. The van der Waals surface area contributed by atoms with Gasteiger partial charge in [0.2, 0.25) is 64.7 Å². The first kappa shape index (κ1) is 53.5. The molecule has 1 aromatic carbocycles. The summed E-state index contributed by atoms with van der Waals surface area (Å²) in [5, 5.41) is 42.6. The van der Waals surface area contributed by atoms with Gasteiger partial charge in [0.15, 0.2) is 0 Å². The molecule has 0 radical (unpaired) electrons. The van der Waals surface area contributed by atoms with Gasteiger partial charge in [-0.1, -0.05) is 6.92 Å². The van der Waals surface area contributed by atoms with Gasteiger partial charge >= 0.3 is 5.97 Å². The van der Waals surface area contributed by atoms with E-state index in [-0.39, 0.29) is 82.9 Å². The number of aliphatic carboxylic acids is 1. The fraction of sp³-hybridized carbons (Fsp3) is 0.487. The smallest absolute Gasteiger partial charge is 0.325 e. The Kier molecular flexibility index (Phi) is 22.1. The number of amides is 9. The topological polar surface area (TPSA) is 353 Å². The number of aliphatic hydroxyl groups excluding tert-OH is 2. The zero-order valence-electron chi connectivity index (χ0n) is 35.3. The number of anilines is 1. The standard InChI is InChI=1S/C39H50N8O15S3/c1-20(37(59)44-17-30(54)42-15-28(52)40-14-27(51)41-16-29(53)43-18-31(55)45-21(2)39(61)62)19-65-25-13-32(56)47(38(25)60)7-3-4-26(50)46-22-5-6-23-24(12-22)34(58)36(64-11-9-49)35(33(23)57)63-10-8-48/h5-6,12,20-21,25,48-49H,3-4,7-11,13-19H2,1-2H3,(H,40,52)(H,41,51)(H,42,54)(H,43,53)(H,44,59)(H,45,55)(H,46,50)(H,61,62). The first-order valence-corrected chi connectivity index (χ1v) is 23.0. The molecule has 1 aromatic rings. The number of carboxylic acid groups (broad SMARTS) is 1. The SMILES string of the molecule is CC(CSC1CC(=O)N(CCCC(=O)Nc2ccc3c(c2)C(=O)C(SCCO)=C(SCCO)C3=O)C1=O)C(=O)NCC(=O)NCC(=O)NCC(=O)NCC(=O)NCC(=O)NC(C)C(=O)O. The number of imide groups is 1. The van der Waals surface area contributed by atoms with Crippen LogP contribution in [-0.4, -0.2) is 172 Å². The van der Waals surface area contributed by atoms with Crippen LogP contribution in [0.3, 0.4) is 0 Å². The average Bonchev–Trinajstić information content (AvgIpc) is 3.54. The molecule has 26 heteroatoms. The number of ketones is 2. The van der Waals surface area contributed by atoms with Crippen LogP contribution < -0.4 is 37.2 Å². The molecule has 0 bridgehead atoms. The van der Waals surface area contributed by atoms with Gasteiger partial charge in [-0.05, 0) is 31.5 Å². The minimum absolute atomic E-state index is 0.0410. The highest BCUT2D eigenvalue weighted by atomic mass is 32.2. The zero-order valence-corrected chi connectivity index (χ0v) is 37.7. The normalized spacial score (nSPS) is 15.4. The zero-order chi connectivity index (χ0) is 48.2. The molecule has 1 fully saturated rings. The highest BCUT2D eigenvalue weighted by Gasteiger charge is 2.39. The number of hydrogen-bond donors (Lipinski definition) is 10. The number of thioether (sulfide) groups is 3. The molecule has 1 aliphatic carbocycles. The van der Waals surface area contributed by atoms with E-state index in [1.165, 1.54) is 25.1 Å². The van der Waals surface area contributed by atoms with E-state index in [9.17, 15) is 67.7 Å². The lowest BCUT2D eigenvalue weighted by Crippen LogP contribution is -2.47. The number of hydrogen-bond acceptors (Lipinski definition) is 17. The van der Waals surface area contributed by atoms with Crippen LogP contribution in [0.25, 0.3) is 0 Å². The van der Waals surface area contributed by atoms with Crippen molar-refractivity contribution in [2.24, 2.45) is 5.92 Å². The van der Waals surface area contributed by atoms with Gasteiger partial charge in [0, 0.05) is 59.4 Å². The van der Waals surface area contributed by atoms with Gasteiger partial charge in [-0.25, -0.2) is 0 Å². The summed E-state index contributed by atoms with van der Waals surface area (Å²) in [7, 11) is 0. The van der Waals surface area contributed by atoms with Crippen LogP contribution in [0.15, 0.2) is 28.0 Å². The third-order valence-electron chi connectivity index (χ3n) is 9.03. The maximum Gasteiger partial charge on any atom is 0.325 e. The molecule has 1 aliphatic heterocycles. The largest absolute Gasteiger partial charge is 0.480 e. The maximum atomic E-state index is 13.4. The van der Waals surface area contributed by atoms with Crippen LogP contribution in [0.1, 0.15) is 53.8 Å². The molecule has 3 atom stereocenters. The number of nitrogens with one attached hydrogen (secondary N) is 7. The summed E-state index contributed by atoms with van der Waals surface area (Å²) in [5.74, 6) is -8.01. The Bertz CT molecular complexity index is 2080. The molecular formula is C39H50N8O15S3. The van der Waals surface area contributed by atoms with Crippen molar-refractivity contribution < 1.29 is 72.9 Å². The van der Waals surface area contributed by atoms with E-state index in [2.05, 4.69) is 37.2 Å². The molecule has 0 saturated carbocycles. The molecule has 9 amide bonds. The van der Waals surface area contributed by atoms with Gasteiger partial charge < -0.3 is 52.5 Å². The number of fused-ring (bicyclic) bond motifs is 1. The molecule has 354 valence electrons. The van der Waals surface area contributed by atoms with E-state index in [1.807, 2.05) is 0 Å². The predicted molar refractivity (Wildman–Crippen MR) is 236 cm³/mol. The lowest BCUT2D eigenvalue weighted by molar-refractivity contribution is -0.141. The predicted octanol–water partition coefficient (Wildman–Crippen LogP) is -2.89. The summed E-state index contributed by atoms with van der Waals surface area (Å²) in [6, 6.07) is 3.13. The van der Waals surface area contributed by atoms with Crippen molar-refractivity contribution in [3.63, 3.8) is 0 Å². The van der Waals surface area contributed by atoms with Gasteiger partial charge in [-0.15, -0.1) is 35.3 Å². The Hall–Kier alpha value is -5.83. The van der Waals surface area contributed by atoms with Gasteiger partial charge in [-0.3, -0.25) is 62.4 Å². The number of rotatable bonds is 27. The van der Waals surface area contributed by atoms with Gasteiger partial charge in [-0.2, -0.15) is 0 Å². The molecule has 0 spiro atoms. The number of allylic oxidation sites excluding steroid dienone is 2. The van der Waals surface area contributed by atoms with E-state index in [1.54, 1.807) is 6.92 Å². The van der Waals surface area contributed by atoms with Crippen LogP contribution in [-0.2, 0) is 47.9 Å². The number of benzene rings is 1. The third kappa shape index (κ3) is 17.2. The fourth-order valence-electron chi connectivity index (χ4n) is 5.65. The number of carbonyl (C=O) groups excluding carboxylic acids is 11. The van der Waals surface area contributed by atoms with Gasteiger partial charge in [0.25, 0.3) is 0 Å². The Morgan fingerprint density at radius 1 is 0.708 bits per heavy atom. The molecule has 65 heavy (non-hydrogen) atoms. The van der Waals surface area contributed by atoms with Crippen molar-refractivity contribution in [3.05, 3.63) is 39.1 Å². The van der Waals surface area contributed by atoms with Gasteiger partial charge in [0.1, 0.15) is 6.04 Å². The van der Waals surface area contributed by atoms with Crippen LogP contribution >= 0.6 is 35.3 Å². The van der Waals surface area contributed by atoms with Crippen LogP contribution in [0.4, 0.5) is 5.69 Å². The second kappa shape index (κ2) is 26.8. The van der Waals surface area contributed by atoms with Crippen molar-refractivity contribution >= 4 is 112 Å². The molecule has 2 aliphatic rings. The highest BCUT2D eigenvalue weighted by Crippen LogP contribution is 2.39.